The van der Waals surface area contributed by atoms with Crippen LogP contribution in [0.5, 0.6) is 5.75 Å². The van der Waals surface area contributed by atoms with Gasteiger partial charge in [0.15, 0.2) is 0 Å². The van der Waals surface area contributed by atoms with Gasteiger partial charge < -0.3 is 9.84 Å². The van der Waals surface area contributed by atoms with Gasteiger partial charge >= 0.3 is 6.18 Å². The summed E-state index contributed by atoms with van der Waals surface area (Å²) in [6.07, 6.45) is -1.42. The molecule has 0 spiro atoms. The van der Waals surface area contributed by atoms with E-state index in [0.29, 0.717) is 0 Å². The molecule has 114 valence electrons. The minimum atomic E-state index is -4.54. The fourth-order valence-electron chi connectivity index (χ4n) is 2.56. The molecule has 0 aromatic heterocycles. The Balaban J connectivity index is 2.07. The molecule has 0 atom stereocenters. The van der Waals surface area contributed by atoms with Gasteiger partial charge in [-0.05, 0) is 49.8 Å². The molecule has 1 aliphatic carbocycles. The molecule has 1 aliphatic rings. The number of ether oxygens (including phenoxy) is 1. The van der Waals surface area contributed by atoms with E-state index < -0.39 is 17.3 Å². The predicted molar refractivity (Wildman–Crippen MR) is 69.6 cm³/mol. The van der Waals surface area contributed by atoms with Gasteiger partial charge in [-0.3, -0.25) is 0 Å². The van der Waals surface area contributed by atoms with Crippen molar-refractivity contribution in [1.82, 2.24) is 0 Å². The maximum absolute atomic E-state index is 12.7. The molecule has 2 rings (SSSR count). The number of aliphatic hydroxyl groups excluding tert-OH is 1. The highest BCUT2D eigenvalue weighted by molar-refractivity contribution is 5.44. The molecule has 1 N–H and O–H groups in total. The van der Waals surface area contributed by atoms with E-state index in [-0.39, 0.29) is 24.4 Å². The zero-order valence-electron chi connectivity index (χ0n) is 11.4. The topological polar surface area (TPSA) is 53.2 Å². The number of nitrogens with zero attached hydrogens (tertiary/aromatic N) is 1. The monoisotopic (exact) mass is 299 g/mol. The van der Waals surface area contributed by atoms with E-state index in [1.807, 2.05) is 0 Å². The first-order valence-corrected chi connectivity index (χ1v) is 6.83. The Morgan fingerprint density at radius 2 is 1.90 bits per heavy atom. The summed E-state index contributed by atoms with van der Waals surface area (Å²) in [5.41, 5.74) is -1.37. The Bertz CT molecular complexity index is 529. The number of rotatable bonds is 3. The molecule has 0 unspecified atom stereocenters. The fraction of sp³-hybridized carbons (Fsp3) is 0.533. The number of halogens is 3. The quantitative estimate of drug-likeness (QED) is 0.929. The number of hydrogen-bond donors (Lipinski definition) is 1. The molecular formula is C15H16F3NO2. The molecule has 0 saturated heterocycles. The van der Waals surface area contributed by atoms with Gasteiger partial charge in [-0.2, -0.15) is 18.4 Å². The standard InChI is InChI=1S/C15H16F3NO2/c16-15(17,18)14-6-5-13(7-11(14)8-19)21-12-3-1-10(9-20)2-4-12/h5-7,10,12,20H,1-4,9H2. The summed E-state index contributed by atoms with van der Waals surface area (Å²) < 4.78 is 43.7. The molecule has 1 aromatic carbocycles. The molecule has 1 fully saturated rings. The van der Waals surface area contributed by atoms with E-state index in [0.717, 1.165) is 37.8 Å². The largest absolute Gasteiger partial charge is 0.490 e. The van der Waals surface area contributed by atoms with Crippen LogP contribution in [0.1, 0.15) is 36.8 Å². The van der Waals surface area contributed by atoms with Crippen molar-refractivity contribution in [3.63, 3.8) is 0 Å². The van der Waals surface area contributed by atoms with Crippen LogP contribution in [-0.4, -0.2) is 17.8 Å². The van der Waals surface area contributed by atoms with Crippen LogP contribution in [0, 0.1) is 17.2 Å². The van der Waals surface area contributed by atoms with Gasteiger partial charge in [0.25, 0.3) is 0 Å². The summed E-state index contributed by atoms with van der Waals surface area (Å²) >= 11 is 0. The van der Waals surface area contributed by atoms with Gasteiger partial charge in [0, 0.05) is 6.61 Å². The van der Waals surface area contributed by atoms with Gasteiger partial charge in [0.1, 0.15) is 5.75 Å². The highest BCUT2D eigenvalue weighted by Crippen LogP contribution is 2.34. The summed E-state index contributed by atoms with van der Waals surface area (Å²) in [4.78, 5) is 0. The van der Waals surface area contributed by atoms with Crippen LogP contribution in [0.2, 0.25) is 0 Å². The van der Waals surface area contributed by atoms with Crippen LogP contribution in [0.25, 0.3) is 0 Å². The molecule has 0 bridgehead atoms. The van der Waals surface area contributed by atoms with Crippen molar-refractivity contribution in [2.45, 2.75) is 38.0 Å². The number of hydrogen-bond acceptors (Lipinski definition) is 3. The van der Waals surface area contributed by atoms with Crippen molar-refractivity contribution in [3.05, 3.63) is 29.3 Å². The van der Waals surface area contributed by atoms with Crippen molar-refractivity contribution in [1.29, 1.82) is 5.26 Å². The predicted octanol–water partition coefficient (Wildman–Crippen LogP) is 3.51. The van der Waals surface area contributed by atoms with E-state index in [1.54, 1.807) is 6.07 Å². The number of alkyl halides is 3. The maximum atomic E-state index is 12.7. The molecule has 6 heteroatoms. The first kappa shape index (κ1) is 15.6. The number of aliphatic hydroxyl groups is 1. The third-order valence-corrected chi connectivity index (χ3v) is 3.77. The summed E-state index contributed by atoms with van der Waals surface area (Å²) in [7, 11) is 0. The van der Waals surface area contributed by atoms with Crippen molar-refractivity contribution >= 4 is 0 Å². The second-order valence-corrected chi connectivity index (χ2v) is 5.26. The molecule has 0 heterocycles. The van der Waals surface area contributed by atoms with Crippen molar-refractivity contribution in [2.75, 3.05) is 6.61 Å². The Hall–Kier alpha value is -1.74. The highest BCUT2D eigenvalue weighted by Gasteiger charge is 2.33. The minimum Gasteiger partial charge on any atom is -0.490 e. The zero-order valence-corrected chi connectivity index (χ0v) is 11.4. The lowest BCUT2D eigenvalue weighted by atomic mass is 9.88. The zero-order chi connectivity index (χ0) is 15.5. The van der Waals surface area contributed by atoms with Gasteiger partial charge in [-0.15, -0.1) is 0 Å². The third kappa shape index (κ3) is 3.88. The van der Waals surface area contributed by atoms with Gasteiger partial charge in [0.05, 0.1) is 23.3 Å². The summed E-state index contributed by atoms with van der Waals surface area (Å²) in [6, 6.07) is 4.84. The van der Waals surface area contributed by atoms with Gasteiger partial charge in [-0.25, -0.2) is 0 Å². The van der Waals surface area contributed by atoms with Crippen LogP contribution in [0.3, 0.4) is 0 Å². The Kier molecular flexibility index (Phi) is 4.73. The summed E-state index contributed by atoms with van der Waals surface area (Å²) in [5, 5.41) is 17.9. The normalized spacial score (nSPS) is 22.6. The molecule has 0 radical (unpaired) electrons. The first-order valence-electron chi connectivity index (χ1n) is 6.83. The lowest BCUT2D eigenvalue weighted by molar-refractivity contribution is -0.137. The second kappa shape index (κ2) is 6.35. The van der Waals surface area contributed by atoms with E-state index in [4.69, 9.17) is 15.1 Å². The molecule has 3 nitrogen and oxygen atoms in total. The lowest BCUT2D eigenvalue weighted by Crippen LogP contribution is -2.25. The maximum Gasteiger partial charge on any atom is 0.417 e. The van der Waals surface area contributed by atoms with Crippen molar-refractivity contribution in [3.8, 4) is 11.8 Å². The second-order valence-electron chi connectivity index (χ2n) is 5.26. The average molecular weight is 299 g/mol. The SMILES string of the molecule is N#Cc1cc(OC2CCC(CO)CC2)ccc1C(F)(F)F. The molecule has 0 amide bonds. The van der Waals surface area contributed by atoms with E-state index in [1.165, 1.54) is 6.07 Å². The third-order valence-electron chi connectivity index (χ3n) is 3.77. The number of nitriles is 1. The highest BCUT2D eigenvalue weighted by atomic mass is 19.4. The fourth-order valence-corrected chi connectivity index (χ4v) is 2.56. The van der Waals surface area contributed by atoms with Crippen LogP contribution in [0.15, 0.2) is 18.2 Å². The van der Waals surface area contributed by atoms with Crippen LogP contribution in [0.4, 0.5) is 13.2 Å². The van der Waals surface area contributed by atoms with E-state index >= 15 is 0 Å². The molecule has 1 aromatic rings. The first-order chi connectivity index (χ1) is 9.94. The van der Waals surface area contributed by atoms with Crippen molar-refractivity contribution in [2.24, 2.45) is 5.92 Å². The minimum absolute atomic E-state index is 0.0731. The smallest absolute Gasteiger partial charge is 0.417 e. The molecule has 21 heavy (non-hydrogen) atoms. The van der Waals surface area contributed by atoms with Gasteiger partial charge in [-0.1, -0.05) is 0 Å². The van der Waals surface area contributed by atoms with Crippen LogP contribution >= 0.6 is 0 Å². The Morgan fingerprint density at radius 3 is 2.43 bits per heavy atom. The molecular weight excluding hydrogens is 283 g/mol. The van der Waals surface area contributed by atoms with E-state index in [9.17, 15) is 13.2 Å². The lowest BCUT2D eigenvalue weighted by Gasteiger charge is -2.28. The van der Waals surface area contributed by atoms with Crippen LogP contribution in [-0.2, 0) is 6.18 Å². The summed E-state index contributed by atoms with van der Waals surface area (Å²) in [6.45, 7) is 0.158. The molecule has 0 aliphatic heterocycles. The molecule has 1 saturated carbocycles. The summed E-state index contributed by atoms with van der Waals surface area (Å²) in [5.74, 6) is 0.569. The number of benzene rings is 1. The Labute approximate surface area is 121 Å². The Morgan fingerprint density at radius 1 is 1.24 bits per heavy atom. The van der Waals surface area contributed by atoms with Gasteiger partial charge in [0.2, 0.25) is 0 Å². The van der Waals surface area contributed by atoms with Crippen molar-refractivity contribution < 1.29 is 23.0 Å². The average Bonchev–Trinajstić information content (AvgIpc) is 2.46. The van der Waals surface area contributed by atoms with Crippen LogP contribution < -0.4 is 4.74 Å². The van der Waals surface area contributed by atoms with E-state index in [2.05, 4.69) is 0 Å².